The highest BCUT2D eigenvalue weighted by atomic mass is 19.1. The monoisotopic (exact) mass is 349 g/mol. The molecule has 0 saturated carbocycles. The summed E-state index contributed by atoms with van der Waals surface area (Å²) in [5, 5.41) is 4.75. The zero-order chi connectivity index (χ0) is 18.4. The van der Waals surface area contributed by atoms with Crippen LogP contribution in [0.4, 0.5) is 10.1 Å². The minimum atomic E-state index is -0.887. The van der Waals surface area contributed by atoms with Crippen LogP contribution in [0.2, 0.25) is 0 Å². The standard InChI is InChI=1S/C18H24FN3O3/c1-12-6-7-14(11-15(12)19)21-18(25)17(24)20-9-8-16(23)22-10-4-3-5-13(22)2/h6-7,11,13H,3-5,8-10H2,1-2H3,(H,20,24)(H,21,25)/t13-/m1/s1. The van der Waals surface area contributed by atoms with E-state index < -0.39 is 17.6 Å². The van der Waals surface area contributed by atoms with E-state index in [0.29, 0.717) is 5.56 Å². The van der Waals surface area contributed by atoms with E-state index in [2.05, 4.69) is 10.6 Å². The molecule has 0 aromatic heterocycles. The molecule has 0 unspecified atom stereocenters. The summed E-state index contributed by atoms with van der Waals surface area (Å²) in [7, 11) is 0. The van der Waals surface area contributed by atoms with Gasteiger partial charge in [-0.25, -0.2) is 4.39 Å². The Hall–Kier alpha value is -2.44. The fraction of sp³-hybridized carbons (Fsp3) is 0.500. The number of hydrogen-bond acceptors (Lipinski definition) is 3. The summed E-state index contributed by atoms with van der Waals surface area (Å²) in [6, 6.07) is 4.41. The lowest BCUT2D eigenvalue weighted by Crippen LogP contribution is -2.44. The summed E-state index contributed by atoms with van der Waals surface area (Å²) in [6.07, 6.45) is 3.27. The quantitative estimate of drug-likeness (QED) is 0.816. The van der Waals surface area contributed by atoms with Gasteiger partial charge in [0.2, 0.25) is 5.91 Å². The van der Waals surface area contributed by atoms with Crippen molar-refractivity contribution in [1.29, 1.82) is 0 Å². The van der Waals surface area contributed by atoms with Crippen molar-refractivity contribution in [2.45, 2.75) is 45.6 Å². The number of piperidine rings is 1. The molecule has 1 saturated heterocycles. The molecule has 3 amide bonds. The molecule has 1 fully saturated rings. The number of benzene rings is 1. The number of aryl methyl sites for hydroxylation is 1. The van der Waals surface area contributed by atoms with Gasteiger partial charge in [0.25, 0.3) is 0 Å². The maximum atomic E-state index is 13.4. The van der Waals surface area contributed by atoms with Crippen LogP contribution in [0.3, 0.4) is 0 Å². The van der Waals surface area contributed by atoms with Crippen molar-refractivity contribution >= 4 is 23.4 Å². The Bertz CT molecular complexity index is 663. The second-order valence-electron chi connectivity index (χ2n) is 6.36. The molecule has 1 aliphatic heterocycles. The van der Waals surface area contributed by atoms with E-state index >= 15 is 0 Å². The van der Waals surface area contributed by atoms with Crippen LogP contribution >= 0.6 is 0 Å². The fourth-order valence-electron chi connectivity index (χ4n) is 2.83. The molecule has 6 nitrogen and oxygen atoms in total. The molecular weight excluding hydrogens is 325 g/mol. The Labute approximate surface area is 146 Å². The van der Waals surface area contributed by atoms with Crippen molar-refractivity contribution in [3.8, 4) is 0 Å². The first kappa shape index (κ1) is 18.9. The number of hydrogen-bond donors (Lipinski definition) is 2. The van der Waals surface area contributed by atoms with Gasteiger partial charge in [0, 0.05) is 31.2 Å². The number of carbonyl (C=O) groups excluding carboxylic acids is 3. The maximum absolute atomic E-state index is 13.4. The summed E-state index contributed by atoms with van der Waals surface area (Å²) in [4.78, 5) is 37.6. The number of nitrogens with one attached hydrogen (secondary N) is 2. The Kier molecular flexibility index (Phi) is 6.50. The van der Waals surface area contributed by atoms with Crippen LogP contribution in [-0.2, 0) is 14.4 Å². The Balaban J connectivity index is 1.76. The molecule has 1 aliphatic rings. The molecule has 1 aromatic carbocycles. The third kappa shape index (κ3) is 5.27. The van der Waals surface area contributed by atoms with Gasteiger partial charge in [0.1, 0.15) is 5.82 Å². The number of carbonyl (C=O) groups is 3. The third-order valence-corrected chi connectivity index (χ3v) is 4.38. The molecular formula is C18H24FN3O3. The van der Waals surface area contributed by atoms with E-state index in [1.807, 2.05) is 11.8 Å². The highest BCUT2D eigenvalue weighted by molar-refractivity contribution is 6.39. The van der Waals surface area contributed by atoms with Crippen LogP contribution in [0.5, 0.6) is 0 Å². The Morgan fingerprint density at radius 3 is 2.68 bits per heavy atom. The molecule has 0 aliphatic carbocycles. The molecule has 1 atom stereocenters. The minimum absolute atomic E-state index is 0.0199. The van der Waals surface area contributed by atoms with Crippen LogP contribution in [-0.4, -0.2) is 41.8 Å². The first-order valence-corrected chi connectivity index (χ1v) is 8.53. The van der Waals surface area contributed by atoms with E-state index in [1.54, 1.807) is 6.92 Å². The molecule has 1 heterocycles. The van der Waals surface area contributed by atoms with Crippen molar-refractivity contribution in [3.05, 3.63) is 29.6 Å². The normalized spacial score (nSPS) is 17.1. The molecule has 7 heteroatoms. The smallest absolute Gasteiger partial charge is 0.313 e. The van der Waals surface area contributed by atoms with E-state index in [1.165, 1.54) is 12.1 Å². The van der Waals surface area contributed by atoms with Gasteiger partial charge < -0.3 is 15.5 Å². The molecule has 1 aromatic rings. The largest absolute Gasteiger partial charge is 0.347 e. The zero-order valence-electron chi connectivity index (χ0n) is 14.6. The second-order valence-corrected chi connectivity index (χ2v) is 6.36. The molecule has 25 heavy (non-hydrogen) atoms. The molecule has 136 valence electrons. The average Bonchev–Trinajstić information content (AvgIpc) is 2.58. The van der Waals surface area contributed by atoms with Gasteiger partial charge in [-0.2, -0.15) is 0 Å². The lowest BCUT2D eigenvalue weighted by atomic mass is 10.0. The van der Waals surface area contributed by atoms with E-state index in [9.17, 15) is 18.8 Å². The van der Waals surface area contributed by atoms with Crippen LogP contribution in [0.1, 0.15) is 38.2 Å². The van der Waals surface area contributed by atoms with Gasteiger partial charge >= 0.3 is 11.8 Å². The number of rotatable bonds is 4. The number of halogens is 1. The van der Waals surface area contributed by atoms with Gasteiger partial charge in [-0.05, 0) is 50.8 Å². The van der Waals surface area contributed by atoms with Crippen LogP contribution in [0, 0.1) is 12.7 Å². The summed E-state index contributed by atoms with van der Waals surface area (Å²) >= 11 is 0. The molecule has 0 spiro atoms. The van der Waals surface area contributed by atoms with E-state index in [0.717, 1.165) is 31.9 Å². The average molecular weight is 349 g/mol. The van der Waals surface area contributed by atoms with Crippen molar-refractivity contribution < 1.29 is 18.8 Å². The number of anilines is 1. The van der Waals surface area contributed by atoms with Gasteiger partial charge in [0.05, 0.1) is 0 Å². The molecule has 0 bridgehead atoms. The highest BCUT2D eigenvalue weighted by Gasteiger charge is 2.23. The molecule has 2 N–H and O–H groups in total. The zero-order valence-corrected chi connectivity index (χ0v) is 14.6. The van der Waals surface area contributed by atoms with Crippen molar-refractivity contribution in [2.24, 2.45) is 0 Å². The maximum Gasteiger partial charge on any atom is 0.313 e. The Morgan fingerprint density at radius 2 is 2.00 bits per heavy atom. The predicted octanol–water partition coefficient (Wildman–Crippen LogP) is 1.98. The van der Waals surface area contributed by atoms with E-state index in [-0.39, 0.29) is 30.6 Å². The first-order valence-electron chi connectivity index (χ1n) is 8.53. The highest BCUT2D eigenvalue weighted by Crippen LogP contribution is 2.17. The molecule has 2 rings (SSSR count). The van der Waals surface area contributed by atoms with Gasteiger partial charge in [-0.1, -0.05) is 6.07 Å². The van der Waals surface area contributed by atoms with Crippen LogP contribution < -0.4 is 10.6 Å². The SMILES string of the molecule is Cc1ccc(NC(=O)C(=O)NCCC(=O)N2CCCC[C@H]2C)cc1F. The number of likely N-dealkylation sites (tertiary alicyclic amines) is 1. The van der Waals surface area contributed by atoms with E-state index in [4.69, 9.17) is 0 Å². The van der Waals surface area contributed by atoms with Gasteiger partial charge in [-0.15, -0.1) is 0 Å². The summed E-state index contributed by atoms with van der Waals surface area (Å²) in [5.41, 5.74) is 0.661. The van der Waals surface area contributed by atoms with Gasteiger partial charge in [-0.3, -0.25) is 14.4 Å². The van der Waals surface area contributed by atoms with Crippen LogP contribution in [0.25, 0.3) is 0 Å². The lowest BCUT2D eigenvalue weighted by molar-refractivity contribution is -0.137. The van der Waals surface area contributed by atoms with Crippen LogP contribution in [0.15, 0.2) is 18.2 Å². The van der Waals surface area contributed by atoms with Gasteiger partial charge in [0.15, 0.2) is 0 Å². The lowest BCUT2D eigenvalue weighted by Gasteiger charge is -2.33. The predicted molar refractivity (Wildman–Crippen MR) is 92.4 cm³/mol. The summed E-state index contributed by atoms with van der Waals surface area (Å²) in [6.45, 7) is 4.46. The first-order chi connectivity index (χ1) is 11.9. The number of nitrogens with zero attached hydrogens (tertiary/aromatic N) is 1. The van der Waals surface area contributed by atoms with Crippen molar-refractivity contribution in [3.63, 3.8) is 0 Å². The summed E-state index contributed by atoms with van der Waals surface area (Å²) in [5.74, 6) is -2.21. The number of amides is 3. The van der Waals surface area contributed by atoms with Crippen molar-refractivity contribution in [2.75, 3.05) is 18.4 Å². The molecule has 0 radical (unpaired) electrons. The topological polar surface area (TPSA) is 78.5 Å². The van der Waals surface area contributed by atoms with Crippen molar-refractivity contribution in [1.82, 2.24) is 10.2 Å². The second kappa shape index (κ2) is 8.60. The minimum Gasteiger partial charge on any atom is -0.347 e. The third-order valence-electron chi connectivity index (χ3n) is 4.38. The summed E-state index contributed by atoms with van der Waals surface area (Å²) < 4.78 is 13.4. The Morgan fingerprint density at radius 1 is 1.24 bits per heavy atom. The fourth-order valence-corrected chi connectivity index (χ4v) is 2.83.